The zero-order valence-electron chi connectivity index (χ0n) is 28.5. The van der Waals surface area contributed by atoms with Crippen LogP contribution in [-0.2, 0) is 12.8 Å². The number of nitrogens with two attached hydrogens (primary N) is 1. The molecule has 264 valence electrons. The van der Waals surface area contributed by atoms with Crippen molar-refractivity contribution in [2.45, 2.75) is 101 Å². The maximum atomic E-state index is 11.7. The summed E-state index contributed by atoms with van der Waals surface area (Å²) in [5, 5.41) is 58.5. The van der Waals surface area contributed by atoms with Crippen molar-refractivity contribution in [1.29, 1.82) is 0 Å². The molecule has 9 N–H and O–H groups in total. The molecule has 0 bridgehead atoms. The van der Waals surface area contributed by atoms with Crippen molar-refractivity contribution < 1.29 is 30.3 Å². The van der Waals surface area contributed by atoms with Crippen molar-refractivity contribution in [3.05, 3.63) is 82.5 Å². The lowest BCUT2D eigenvalue weighted by Crippen LogP contribution is -2.37. The van der Waals surface area contributed by atoms with Crippen LogP contribution in [0.3, 0.4) is 0 Å². The van der Waals surface area contributed by atoms with Gasteiger partial charge in [0.15, 0.2) is 11.5 Å². The van der Waals surface area contributed by atoms with Gasteiger partial charge >= 0.3 is 0 Å². The zero-order valence-corrected chi connectivity index (χ0v) is 28.5. The molecule has 0 fully saturated rings. The summed E-state index contributed by atoms with van der Waals surface area (Å²) in [4.78, 5) is 3.26. The van der Waals surface area contributed by atoms with E-state index >= 15 is 0 Å². The fourth-order valence-corrected chi connectivity index (χ4v) is 8.34. The molecular weight excluding hydrogens is 618 g/mol. The Kier molecular flexibility index (Phi) is 11.4. The first-order valence-electron chi connectivity index (χ1n) is 18.2. The van der Waals surface area contributed by atoms with Crippen LogP contribution in [0.4, 0.5) is 0 Å². The summed E-state index contributed by atoms with van der Waals surface area (Å²) >= 11 is 0. The lowest BCUT2D eigenvalue weighted by atomic mass is 9.76. The molecule has 2 heterocycles. The number of allylic oxidation sites excluding steroid dienone is 4. The second kappa shape index (κ2) is 15.9. The van der Waals surface area contributed by atoms with Crippen LogP contribution in [0.25, 0.3) is 0 Å². The van der Waals surface area contributed by atoms with Gasteiger partial charge in [-0.05, 0) is 104 Å². The molecular formula is C40H53N3O6. The van der Waals surface area contributed by atoms with Crippen LogP contribution in [0.2, 0.25) is 0 Å². The standard InChI is InChI=1S/C40H53N3O6/c1-2-24-6-3-4-8-33(45)40-28(10-9-24)16-26-11-12-27-18-34(46)38(22-32(27)31(26)21-35(40)47)49-37(36(48)23-44)19-29(17-30-7-5-14-42-30)25-13-15-43-39(41)20-25/h5,7,13-14,16,18,20,22,24,28-29,31,33,35-37,40,42-48H,2-4,6,8,11-12,15,17,19,21,23,41H2,1H3. The van der Waals surface area contributed by atoms with Crippen LogP contribution in [0.1, 0.15) is 81.0 Å². The first kappa shape index (κ1) is 35.2. The predicted octanol–water partition coefficient (Wildman–Crippen LogP) is 4.32. The van der Waals surface area contributed by atoms with E-state index in [2.05, 4.69) is 41.2 Å². The fraction of sp³-hybridized carbons (Fsp3) is 0.550. The summed E-state index contributed by atoms with van der Waals surface area (Å²) in [6.45, 7) is 2.26. The molecule has 9 heteroatoms. The van der Waals surface area contributed by atoms with Gasteiger partial charge in [-0.15, -0.1) is 0 Å². The average Bonchev–Trinajstić information content (AvgIpc) is 3.56. The number of nitrogens with one attached hydrogen (secondary N) is 2. The van der Waals surface area contributed by atoms with Crippen molar-refractivity contribution in [1.82, 2.24) is 10.3 Å². The van der Waals surface area contributed by atoms with Gasteiger partial charge in [0.05, 0.1) is 24.6 Å². The highest BCUT2D eigenvalue weighted by atomic mass is 16.5. The number of aryl methyl sites for hydroxylation is 1. The Hall–Kier alpha value is -3.68. The lowest BCUT2D eigenvalue weighted by molar-refractivity contribution is -0.0106. The first-order chi connectivity index (χ1) is 23.7. The zero-order chi connectivity index (χ0) is 34.5. The molecule has 49 heavy (non-hydrogen) atoms. The molecule has 9 unspecified atom stereocenters. The molecule has 0 amide bonds. The van der Waals surface area contributed by atoms with Gasteiger partial charge < -0.3 is 46.3 Å². The van der Waals surface area contributed by atoms with E-state index in [1.807, 2.05) is 30.5 Å². The van der Waals surface area contributed by atoms with E-state index in [1.165, 1.54) is 5.57 Å². The van der Waals surface area contributed by atoms with E-state index in [9.17, 15) is 25.5 Å². The molecule has 0 saturated carbocycles. The van der Waals surface area contributed by atoms with Gasteiger partial charge in [0, 0.05) is 42.1 Å². The van der Waals surface area contributed by atoms with Crippen LogP contribution in [0.15, 0.2) is 65.7 Å². The maximum Gasteiger partial charge on any atom is 0.161 e. The Labute approximate surface area is 290 Å². The highest BCUT2D eigenvalue weighted by molar-refractivity contribution is 5.52. The molecule has 0 saturated heterocycles. The van der Waals surface area contributed by atoms with E-state index in [4.69, 9.17) is 10.5 Å². The fourth-order valence-electron chi connectivity index (χ4n) is 8.34. The van der Waals surface area contributed by atoms with Gasteiger partial charge in [-0.25, -0.2) is 0 Å². The maximum absolute atomic E-state index is 11.7. The monoisotopic (exact) mass is 671 g/mol. The smallest absolute Gasteiger partial charge is 0.161 e. The number of rotatable bonds is 10. The molecule has 0 spiro atoms. The molecule has 9 nitrogen and oxygen atoms in total. The number of hydrogen-bond donors (Lipinski definition) is 8. The number of aromatic amines is 1. The van der Waals surface area contributed by atoms with Crippen LogP contribution < -0.4 is 15.8 Å². The third kappa shape index (κ3) is 8.21. The highest BCUT2D eigenvalue weighted by Crippen LogP contribution is 2.48. The molecule has 1 aliphatic heterocycles. The van der Waals surface area contributed by atoms with Gasteiger partial charge in [0.1, 0.15) is 12.2 Å². The predicted molar refractivity (Wildman–Crippen MR) is 189 cm³/mol. The number of phenols is 1. The van der Waals surface area contributed by atoms with E-state index in [-0.39, 0.29) is 35.2 Å². The number of phenolic OH excluding ortho intramolecular Hbond substituents is 1. The Balaban J connectivity index is 1.31. The number of aromatic nitrogens is 1. The van der Waals surface area contributed by atoms with Crippen LogP contribution in [0, 0.1) is 35.5 Å². The van der Waals surface area contributed by atoms with Gasteiger partial charge in [-0.3, -0.25) is 0 Å². The Morgan fingerprint density at radius 3 is 2.69 bits per heavy atom. The van der Waals surface area contributed by atoms with Crippen molar-refractivity contribution >= 4 is 0 Å². The van der Waals surface area contributed by atoms with Crippen LogP contribution >= 0.6 is 0 Å². The van der Waals surface area contributed by atoms with Gasteiger partial charge in [-0.1, -0.05) is 49.3 Å². The van der Waals surface area contributed by atoms with E-state index < -0.39 is 31.0 Å². The normalized spacial score (nSPS) is 28.6. The molecule has 6 rings (SSSR count). The molecule has 2 aromatic rings. The number of benzene rings is 1. The molecule has 4 aliphatic rings. The minimum absolute atomic E-state index is 0.0253. The number of ether oxygens (including phenoxy) is 1. The summed E-state index contributed by atoms with van der Waals surface area (Å²) in [7, 11) is 0. The molecule has 1 aromatic carbocycles. The van der Waals surface area contributed by atoms with Crippen molar-refractivity contribution in [3.63, 3.8) is 0 Å². The van der Waals surface area contributed by atoms with E-state index in [0.717, 1.165) is 60.9 Å². The highest BCUT2D eigenvalue weighted by Gasteiger charge is 2.40. The SMILES string of the molecule is CCC1C#CC2C=C3CCc4cc(O)c(OC(CC(Cc5ccc[nH]5)C5=CCNC(N)=C5)C(O)CO)cc4C3CC(O)C2C(O)CCCC1. The Morgan fingerprint density at radius 2 is 1.94 bits per heavy atom. The number of fused-ring (bicyclic) bond motifs is 4. The number of H-pyrrole nitrogens is 1. The number of aliphatic hydroxyl groups excluding tert-OH is 4. The number of aliphatic hydroxyl groups is 4. The minimum Gasteiger partial charge on any atom is -0.504 e. The van der Waals surface area contributed by atoms with Crippen molar-refractivity contribution in [2.24, 2.45) is 29.4 Å². The summed E-state index contributed by atoms with van der Waals surface area (Å²) < 4.78 is 6.46. The Bertz CT molecular complexity index is 1590. The van der Waals surface area contributed by atoms with Crippen molar-refractivity contribution in [3.8, 4) is 23.3 Å². The quantitative estimate of drug-likeness (QED) is 0.137. The summed E-state index contributed by atoms with van der Waals surface area (Å²) in [5.41, 5.74) is 11.3. The molecule has 1 aromatic heterocycles. The minimum atomic E-state index is -1.20. The molecule has 0 radical (unpaired) electrons. The topological polar surface area (TPSA) is 164 Å². The average molecular weight is 672 g/mol. The third-order valence-corrected chi connectivity index (χ3v) is 11.1. The lowest BCUT2D eigenvalue weighted by Gasteiger charge is -2.33. The molecule has 3 aliphatic carbocycles. The largest absolute Gasteiger partial charge is 0.504 e. The number of dihydropyridines is 1. The Morgan fingerprint density at radius 1 is 1.10 bits per heavy atom. The van der Waals surface area contributed by atoms with Crippen LogP contribution in [-0.4, -0.2) is 68.1 Å². The number of aromatic hydroxyl groups is 1. The molecule has 9 atom stereocenters. The third-order valence-electron chi connectivity index (χ3n) is 11.1. The van der Waals surface area contributed by atoms with Gasteiger partial charge in [0.2, 0.25) is 0 Å². The van der Waals surface area contributed by atoms with Crippen LogP contribution in [0.5, 0.6) is 11.5 Å². The summed E-state index contributed by atoms with van der Waals surface area (Å²) in [5.74, 6) is 7.26. The van der Waals surface area contributed by atoms with Crippen molar-refractivity contribution in [2.75, 3.05) is 13.2 Å². The van der Waals surface area contributed by atoms with Gasteiger partial charge in [0.25, 0.3) is 0 Å². The first-order valence-corrected chi connectivity index (χ1v) is 18.2. The van der Waals surface area contributed by atoms with Gasteiger partial charge in [-0.2, -0.15) is 0 Å². The summed E-state index contributed by atoms with van der Waals surface area (Å²) in [6.07, 6.45) is 12.2. The second-order valence-electron chi connectivity index (χ2n) is 14.4. The van der Waals surface area contributed by atoms with E-state index in [1.54, 1.807) is 6.07 Å². The second-order valence-corrected chi connectivity index (χ2v) is 14.4. The number of hydrogen-bond acceptors (Lipinski definition) is 8. The van der Waals surface area contributed by atoms with E-state index in [0.29, 0.717) is 44.0 Å². The summed E-state index contributed by atoms with van der Waals surface area (Å²) in [6, 6.07) is 7.55.